The third-order valence-corrected chi connectivity index (χ3v) is 7.45. The third kappa shape index (κ3) is 10.5. The van der Waals surface area contributed by atoms with Crippen molar-refractivity contribution < 1.29 is 37.5 Å². The predicted molar refractivity (Wildman–Crippen MR) is 192 cm³/mol. The number of benzene rings is 4. The van der Waals surface area contributed by atoms with Gasteiger partial charge in [-0.2, -0.15) is 0 Å². The summed E-state index contributed by atoms with van der Waals surface area (Å²) in [5.41, 5.74) is 1.52. The van der Waals surface area contributed by atoms with Gasteiger partial charge in [0.05, 0.1) is 24.2 Å². The Bertz CT molecular complexity index is 2150. The molecule has 0 unspecified atom stereocenters. The van der Waals surface area contributed by atoms with E-state index in [1.807, 2.05) is 36.4 Å². The van der Waals surface area contributed by atoms with Crippen molar-refractivity contribution >= 4 is 84.9 Å². The van der Waals surface area contributed by atoms with Crippen molar-refractivity contribution in [1.29, 1.82) is 0 Å². The number of halogens is 5. The lowest BCUT2D eigenvalue weighted by atomic mass is 10.1. The summed E-state index contributed by atoms with van der Waals surface area (Å²) in [4.78, 5) is 40.2. The Labute approximate surface area is 307 Å². The van der Waals surface area contributed by atoms with Gasteiger partial charge in [0.2, 0.25) is 5.28 Å². The summed E-state index contributed by atoms with van der Waals surface area (Å²) >= 11 is 12.3. The van der Waals surface area contributed by atoms with Gasteiger partial charge in [0.15, 0.2) is 17.2 Å². The first-order chi connectivity index (χ1) is 24.0. The first-order valence-corrected chi connectivity index (χ1v) is 16.6. The molecule has 1 radical (unpaired) electrons. The highest BCUT2D eigenvalue weighted by Crippen LogP contribution is 2.25. The lowest BCUT2D eigenvalue weighted by Crippen LogP contribution is -2.10. The number of rotatable bonds is 7. The molecular weight excluding hydrogens is 804 g/mol. The molecular formula is C34H25BBr2ClF2N4O6. The lowest BCUT2D eigenvalue weighted by Gasteiger charge is -2.08. The number of carbonyl (C=O) groups excluding carboxylic acids is 2. The molecule has 0 aliphatic rings. The number of hydrogen-bond acceptors (Lipinski definition) is 10. The molecule has 0 spiro atoms. The molecule has 4 aromatic carbocycles. The highest BCUT2D eigenvalue weighted by atomic mass is 79.9. The number of carbonyl (C=O) groups is 2. The van der Waals surface area contributed by atoms with Gasteiger partial charge in [-0.25, -0.2) is 38.3 Å². The second-order valence-electron chi connectivity index (χ2n) is 9.69. The van der Waals surface area contributed by atoms with Crippen molar-refractivity contribution in [3.8, 4) is 17.1 Å². The van der Waals surface area contributed by atoms with Gasteiger partial charge in [-0.05, 0) is 80.0 Å². The number of esters is 2. The summed E-state index contributed by atoms with van der Waals surface area (Å²) in [5, 5.41) is 9.00. The van der Waals surface area contributed by atoms with Gasteiger partial charge in [-0.3, -0.25) is 0 Å². The first kappa shape index (κ1) is 38.2. The molecule has 0 atom stereocenters. The van der Waals surface area contributed by atoms with Gasteiger partial charge in [0.1, 0.15) is 17.4 Å². The van der Waals surface area contributed by atoms with Crippen LogP contribution in [0, 0.1) is 11.6 Å². The van der Waals surface area contributed by atoms with Crippen molar-refractivity contribution in [2.45, 2.75) is 13.8 Å². The lowest BCUT2D eigenvalue weighted by molar-refractivity contribution is 0.0512. The van der Waals surface area contributed by atoms with Gasteiger partial charge in [-0.1, -0.05) is 50.1 Å². The van der Waals surface area contributed by atoms with E-state index in [9.17, 15) is 18.4 Å². The summed E-state index contributed by atoms with van der Waals surface area (Å²) < 4.78 is 42.9. The molecule has 0 aliphatic carbocycles. The Morgan fingerprint density at radius 3 is 1.82 bits per heavy atom. The van der Waals surface area contributed by atoms with E-state index >= 15 is 0 Å². The van der Waals surface area contributed by atoms with Crippen molar-refractivity contribution in [2.75, 3.05) is 13.2 Å². The van der Waals surface area contributed by atoms with Gasteiger partial charge < -0.3 is 19.2 Å². The summed E-state index contributed by atoms with van der Waals surface area (Å²) in [6.07, 6.45) is 0. The molecule has 10 nitrogen and oxygen atoms in total. The zero-order valence-electron chi connectivity index (χ0n) is 26.2. The van der Waals surface area contributed by atoms with E-state index in [2.05, 4.69) is 56.5 Å². The molecule has 0 saturated carbocycles. The van der Waals surface area contributed by atoms with Gasteiger partial charge in [0.25, 0.3) is 0 Å². The molecule has 2 aromatic heterocycles. The van der Waals surface area contributed by atoms with Crippen LogP contribution in [0.1, 0.15) is 34.8 Å². The standard InChI is InChI=1S/C17H12BrFN2O2.C11H8ClFN2O2.C6H5BBrO2/c1-2-23-17(22)15-13-7-6-12(19)9-14(13)20-16(21-15)10-4-3-5-11(18)8-10;1-2-17-10(16)9-7-4-3-6(13)5-8(7)14-11(12)15-9;8-5-2-1-3-6(4-5)10-7-9/h3-9H,2H2,1H3;3-5H,2H2,1H3;1-4,9H. The number of aromatic nitrogens is 4. The van der Waals surface area contributed by atoms with Crippen molar-refractivity contribution in [2.24, 2.45) is 0 Å². The fourth-order valence-corrected chi connectivity index (χ4v) is 5.20. The molecule has 255 valence electrons. The van der Waals surface area contributed by atoms with Crippen molar-refractivity contribution in [3.63, 3.8) is 0 Å². The number of fused-ring (bicyclic) bond motifs is 2. The maximum absolute atomic E-state index is 13.5. The Morgan fingerprint density at radius 1 is 0.740 bits per heavy atom. The third-order valence-electron chi connectivity index (χ3n) is 6.30. The largest absolute Gasteiger partial charge is 0.569 e. The van der Waals surface area contributed by atoms with Gasteiger partial charge >= 0.3 is 19.6 Å². The maximum Gasteiger partial charge on any atom is 0.569 e. The minimum absolute atomic E-state index is 0.0434. The molecule has 0 bridgehead atoms. The molecule has 50 heavy (non-hydrogen) atoms. The van der Waals surface area contributed by atoms with Crippen LogP contribution in [0.5, 0.6) is 5.75 Å². The van der Waals surface area contributed by atoms with Crippen molar-refractivity contribution in [1.82, 2.24) is 19.9 Å². The predicted octanol–water partition coefficient (Wildman–Crippen LogP) is 8.33. The quantitative estimate of drug-likeness (QED) is 0.0952. The fraction of sp³-hybridized carbons (Fsp3) is 0.118. The van der Waals surface area contributed by atoms with E-state index in [1.54, 1.807) is 26.0 Å². The summed E-state index contributed by atoms with van der Waals surface area (Å²) in [6, 6.07) is 22.4. The van der Waals surface area contributed by atoms with Gasteiger partial charge in [0, 0.05) is 37.4 Å². The monoisotopic (exact) mass is 827 g/mol. The molecule has 2 heterocycles. The van der Waals surface area contributed by atoms with Crippen LogP contribution in [-0.2, 0) is 9.47 Å². The van der Waals surface area contributed by atoms with Crippen LogP contribution >= 0.6 is 43.5 Å². The molecule has 0 aliphatic heterocycles. The highest BCUT2D eigenvalue weighted by Gasteiger charge is 2.18. The minimum atomic E-state index is -0.603. The van der Waals surface area contributed by atoms with E-state index < -0.39 is 23.6 Å². The normalized spacial score (nSPS) is 10.3. The van der Waals surface area contributed by atoms with E-state index in [0.29, 0.717) is 35.5 Å². The maximum atomic E-state index is 13.5. The minimum Gasteiger partial charge on any atom is -0.537 e. The van der Waals surface area contributed by atoms with Gasteiger partial charge in [-0.15, -0.1) is 0 Å². The average molecular weight is 830 g/mol. The van der Waals surface area contributed by atoms with Crippen LogP contribution < -0.4 is 4.65 Å². The molecule has 1 N–H and O–H groups in total. The van der Waals surface area contributed by atoms with Crippen LogP contribution in [0.2, 0.25) is 5.28 Å². The highest BCUT2D eigenvalue weighted by molar-refractivity contribution is 9.10. The second-order valence-corrected chi connectivity index (χ2v) is 11.9. The number of hydrogen-bond donors (Lipinski definition) is 1. The van der Waals surface area contributed by atoms with Crippen LogP contribution in [0.25, 0.3) is 33.2 Å². The van der Waals surface area contributed by atoms with Crippen LogP contribution in [0.3, 0.4) is 0 Å². The van der Waals surface area contributed by atoms with E-state index in [1.165, 1.54) is 36.4 Å². The Kier molecular flexibility index (Phi) is 14.1. The Hall–Kier alpha value is -4.57. The number of ether oxygens (including phenoxy) is 2. The average Bonchev–Trinajstić information content (AvgIpc) is 3.08. The zero-order valence-corrected chi connectivity index (χ0v) is 30.2. The molecule has 6 aromatic rings. The van der Waals surface area contributed by atoms with Crippen molar-refractivity contribution in [3.05, 3.63) is 122 Å². The Morgan fingerprint density at radius 2 is 1.28 bits per heavy atom. The SMILES string of the molecule is CCOC(=O)c1nc(-c2cccc(Br)c2)nc2cc(F)ccc12.CCOC(=O)c1nc(Cl)nc2cc(F)ccc12.O[B]Oc1cccc(Br)c1. The van der Waals surface area contributed by atoms with Crippen LogP contribution in [0.15, 0.2) is 93.9 Å². The Balaban J connectivity index is 0.000000182. The molecule has 0 amide bonds. The van der Waals surface area contributed by atoms with E-state index in [0.717, 1.165) is 14.5 Å². The first-order valence-electron chi connectivity index (χ1n) is 14.6. The van der Waals surface area contributed by atoms with Crippen LogP contribution in [-0.4, -0.2) is 57.8 Å². The summed E-state index contributed by atoms with van der Waals surface area (Å²) in [7, 11) is 0.655. The smallest absolute Gasteiger partial charge is 0.537 e. The second kappa shape index (κ2) is 18.4. The summed E-state index contributed by atoms with van der Waals surface area (Å²) in [6.45, 7) is 3.86. The molecule has 16 heteroatoms. The zero-order chi connectivity index (χ0) is 36.2. The van der Waals surface area contributed by atoms with E-state index in [-0.39, 0.29) is 35.4 Å². The molecule has 6 rings (SSSR count). The topological polar surface area (TPSA) is 134 Å². The number of nitrogens with zero attached hydrogens (tertiary/aromatic N) is 4. The molecule has 0 saturated heterocycles. The summed E-state index contributed by atoms with van der Waals surface area (Å²) in [5.74, 6) is -1.09. The van der Waals surface area contributed by atoms with Crippen LogP contribution in [0.4, 0.5) is 8.78 Å². The molecule has 0 fully saturated rings. The fourth-order valence-electron chi connectivity index (χ4n) is 4.25. The van der Waals surface area contributed by atoms with E-state index in [4.69, 9.17) is 26.1 Å².